The first-order chi connectivity index (χ1) is 7.31. The molecule has 0 spiro atoms. The highest BCUT2D eigenvalue weighted by Crippen LogP contribution is 2.33. The maximum atomic E-state index is 5.79. The molecular formula is C12H18N2O. The normalized spacial score (nSPS) is 14.6. The van der Waals surface area contributed by atoms with E-state index in [-0.39, 0.29) is 0 Å². The van der Waals surface area contributed by atoms with Crippen LogP contribution in [-0.4, -0.2) is 19.7 Å². The van der Waals surface area contributed by atoms with Crippen molar-refractivity contribution in [3.05, 3.63) is 18.2 Å². The molecule has 0 unspecified atom stereocenters. The fourth-order valence-corrected chi connectivity index (χ4v) is 1.87. The minimum Gasteiger partial charge on any atom is -0.490 e. The van der Waals surface area contributed by atoms with Crippen molar-refractivity contribution in [2.24, 2.45) is 0 Å². The maximum absolute atomic E-state index is 5.79. The fourth-order valence-electron chi connectivity index (χ4n) is 1.87. The van der Waals surface area contributed by atoms with Gasteiger partial charge in [0.15, 0.2) is 0 Å². The van der Waals surface area contributed by atoms with Crippen LogP contribution in [0.3, 0.4) is 0 Å². The van der Waals surface area contributed by atoms with Crippen LogP contribution < -0.4 is 15.4 Å². The Morgan fingerprint density at radius 2 is 2.33 bits per heavy atom. The standard InChI is InChI=1S/C12H18N2O/c1-2-3-6-14-7-8-15-12-5-4-10(13)9-11(12)14/h4-5,9H,2-3,6-8,13H2,1H3. The Morgan fingerprint density at radius 3 is 3.13 bits per heavy atom. The third-order valence-electron chi connectivity index (χ3n) is 2.72. The van der Waals surface area contributed by atoms with Crippen LogP contribution in [0.1, 0.15) is 19.8 Å². The van der Waals surface area contributed by atoms with Crippen LogP contribution in [0.2, 0.25) is 0 Å². The first-order valence-corrected chi connectivity index (χ1v) is 5.58. The summed E-state index contributed by atoms with van der Waals surface area (Å²) < 4.78 is 5.59. The highest BCUT2D eigenvalue weighted by molar-refractivity contribution is 5.65. The lowest BCUT2D eigenvalue weighted by atomic mass is 10.2. The lowest BCUT2D eigenvalue weighted by Crippen LogP contribution is -2.33. The van der Waals surface area contributed by atoms with E-state index in [9.17, 15) is 0 Å². The second-order valence-corrected chi connectivity index (χ2v) is 3.92. The molecule has 1 aliphatic rings. The summed E-state index contributed by atoms with van der Waals surface area (Å²) in [5.41, 5.74) is 7.74. The van der Waals surface area contributed by atoms with Crippen LogP contribution in [0, 0.1) is 0 Å². The number of nitrogen functional groups attached to an aromatic ring is 1. The Kier molecular flexibility index (Phi) is 2.99. The highest BCUT2D eigenvalue weighted by atomic mass is 16.5. The van der Waals surface area contributed by atoms with Crippen molar-refractivity contribution in [2.75, 3.05) is 30.3 Å². The molecule has 0 saturated heterocycles. The molecule has 0 saturated carbocycles. The van der Waals surface area contributed by atoms with Crippen molar-refractivity contribution in [3.63, 3.8) is 0 Å². The van der Waals surface area contributed by atoms with Crippen molar-refractivity contribution < 1.29 is 4.74 Å². The van der Waals surface area contributed by atoms with E-state index in [1.807, 2.05) is 18.2 Å². The molecule has 0 aliphatic carbocycles. The van der Waals surface area contributed by atoms with Crippen molar-refractivity contribution in [2.45, 2.75) is 19.8 Å². The Hall–Kier alpha value is -1.38. The molecule has 0 radical (unpaired) electrons. The molecule has 0 amide bonds. The fraction of sp³-hybridized carbons (Fsp3) is 0.500. The maximum Gasteiger partial charge on any atom is 0.142 e. The number of anilines is 2. The molecule has 2 rings (SSSR count). The van der Waals surface area contributed by atoms with Crippen molar-refractivity contribution >= 4 is 11.4 Å². The molecule has 0 atom stereocenters. The van der Waals surface area contributed by atoms with E-state index in [1.165, 1.54) is 12.8 Å². The van der Waals surface area contributed by atoms with E-state index in [2.05, 4.69) is 11.8 Å². The number of hydrogen-bond acceptors (Lipinski definition) is 3. The molecule has 0 aromatic heterocycles. The summed E-state index contributed by atoms with van der Waals surface area (Å²) in [6.07, 6.45) is 2.43. The number of unbranched alkanes of at least 4 members (excludes halogenated alkanes) is 1. The van der Waals surface area contributed by atoms with E-state index in [4.69, 9.17) is 10.5 Å². The number of nitrogens with two attached hydrogens (primary N) is 1. The topological polar surface area (TPSA) is 38.5 Å². The van der Waals surface area contributed by atoms with Gasteiger partial charge in [-0.2, -0.15) is 0 Å². The molecule has 1 aromatic rings. The molecule has 82 valence electrons. The van der Waals surface area contributed by atoms with Gasteiger partial charge in [-0.1, -0.05) is 13.3 Å². The third kappa shape index (κ3) is 2.17. The van der Waals surface area contributed by atoms with Crippen LogP contribution in [0.4, 0.5) is 11.4 Å². The largest absolute Gasteiger partial charge is 0.490 e. The molecule has 2 N–H and O–H groups in total. The molecular weight excluding hydrogens is 188 g/mol. The SMILES string of the molecule is CCCCN1CCOc2ccc(N)cc21. The number of rotatable bonds is 3. The van der Waals surface area contributed by atoms with Gasteiger partial charge < -0.3 is 15.4 Å². The second kappa shape index (κ2) is 4.43. The van der Waals surface area contributed by atoms with E-state index in [0.717, 1.165) is 36.8 Å². The van der Waals surface area contributed by atoms with Gasteiger partial charge in [-0.25, -0.2) is 0 Å². The van der Waals surface area contributed by atoms with Crippen molar-refractivity contribution in [1.29, 1.82) is 0 Å². The quantitative estimate of drug-likeness (QED) is 0.771. The Labute approximate surface area is 90.8 Å². The first kappa shape index (κ1) is 10.1. The van der Waals surface area contributed by atoms with Gasteiger partial charge in [-0.05, 0) is 24.6 Å². The zero-order chi connectivity index (χ0) is 10.7. The van der Waals surface area contributed by atoms with Crippen LogP contribution in [-0.2, 0) is 0 Å². The Balaban J connectivity index is 2.20. The van der Waals surface area contributed by atoms with Gasteiger partial charge in [0, 0.05) is 12.2 Å². The summed E-state index contributed by atoms with van der Waals surface area (Å²) in [5, 5.41) is 0. The smallest absolute Gasteiger partial charge is 0.142 e. The molecule has 3 nitrogen and oxygen atoms in total. The van der Waals surface area contributed by atoms with Gasteiger partial charge in [0.1, 0.15) is 12.4 Å². The van der Waals surface area contributed by atoms with Gasteiger partial charge in [0.25, 0.3) is 0 Å². The number of nitrogens with zero attached hydrogens (tertiary/aromatic N) is 1. The van der Waals surface area contributed by atoms with E-state index in [0.29, 0.717) is 0 Å². The number of ether oxygens (including phenoxy) is 1. The minimum atomic E-state index is 0.778. The summed E-state index contributed by atoms with van der Waals surface area (Å²) in [4.78, 5) is 2.36. The molecule has 1 aliphatic heterocycles. The molecule has 0 fully saturated rings. The lowest BCUT2D eigenvalue weighted by molar-refractivity contribution is 0.307. The van der Waals surface area contributed by atoms with Crippen molar-refractivity contribution in [3.8, 4) is 5.75 Å². The van der Waals surface area contributed by atoms with Crippen LogP contribution >= 0.6 is 0 Å². The zero-order valence-corrected chi connectivity index (χ0v) is 9.20. The minimum absolute atomic E-state index is 0.778. The summed E-state index contributed by atoms with van der Waals surface area (Å²) in [6, 6.07) is 5.86. The summed E-state index contributed by atoms with van der Waals surface area (Å²) in [6.45, 7) is 5.05. The molecule has 1 heterocycles. The third-order valence-corrected chi connectivity index (χ3v) is 2.72. The number of fused-ring (bicyclic) bond motifs is 1. The van der Waals surface area contributed by atoms with E-state index in [1.54, 1.807) is 0 Å². The van der Waals surface area contributed by atoms with Crippen LogP contribution in [0.5, 0.6) is 5.75 Å². The van der Waals surface area contributed by atoms with Gasteiger partial charge in [0.2, 0.25) is 0 Å². The summed E-state index contributed by atoms with van der Waals surface area (Å²) in [5.74, 6) is 0.964. The monoisotopic (exact) mass is 206 g/mol. The number of benzene rings is 1. The van der Waals surface area contributed by atoms with Gasteiger partial charge >= 0.3 is 0 Å². The molecule has 15 heavy (non-hydrogen) atoms. The second-order valence-electron chi connectivity index (χ2n) is 3.92. The van der Waals surface area contributed by atoms with Gasteiger partial charge in [0.05, 0.1) is 12.2 Å². The first-order valence-electron chi connectivity index (χ1n) is 5.58. The Morgan fingerprint density at radius 1 is 1.47 bits per heavy atom. The van der Waals surface area contributed by atoms with E-state index >= 15 is 0 Å². The predicted octanol–water partition coefficient (Wildman–Crippen LogP) is 2.27. The molecule has 3 heteroatoms. The van der Waals surface area contributed by atoms with Gasteiger partial charge in [-0.15, -0.1) is 0 Å². The zero-order valence-electron chi connectivity index (χ0n) is 9.20. The average molecular weight is 206 g/mol. The summed E-state index contributed by atoms with van der Waals surface area (Å²) in [7, 11) is 0. The van der Waals surface area contributed by atoms with E-state index < -0.39 is 0 Å². The number of hydrogen-bond donors (Lipinski definition) is 1. The highest BCUT2D eigenvalue weighted by Gasteiger charge is 2.17. The van der Waals surface area contributed by atoms with Crippen LogP contribution in [0.15, 0.2) is 18.2 Å². The van der Waals surface area contributed by atoms with Gasteiger partial charge in [-0.3, -0.25) is 0 Å². The van der Waals surface area contributed by atoms with Crippen molar-refractivity contribution in [1.82, 2.24) is 0 Å². The molecule has 0 bridgehead atoms. The Bertz CT molecular complexity index is 338. The molecule has 1 aromatic carbocycles. The van der Waals surface area contributed by atoms with Crippen LogP contribution in [0.25, 0.3) is 0 Å². The lowest BCUT2D eigenvalue weighted by Gasteiger charge is -2.31. The summed E-state index contributed by atoms with van der Waals surface area (Å²) >= 11 is 0. The average Bonchev–Trinajstić information content (AvgIpc) is 2.26. The predicted molar refractivity (Wildman–Crippen MR) is 63.5 cm³/mol.